The number of halogens is 2. The number of anilines is 1. The number of carbonyl (C=O) groups is 1. The fraction of sp³-hybridized carbons (Fsp3) is 0.179. The van der Waals surface area contributed by atoms with Crippen molar-refractivity contribution >= 4 is 34.2 Å². The zero-order valence-electron chi connectivity index (χ0n) is 19.3. The fourth-order valence-corrected chi connectivity index (χ4v) is 4.41. The molecule has 0 amide bonds. The van der Waals surface area contributed by atoms with Gasteiger partial charge in [-0.1, -0.05) is 54.1 Å². The lowest BCUT2D eigenvalue weighted by Gasteiger charge is -2.19. The van der Waals surface area contributed by atoms with E-state index in [0.29, 0.717) is 41.6 Å². The van der Waals surface area contributed by atoms with Crippen LogP contribution in [-0.2, 0) is 4.79 Å². The number of ether oxygens (including phenoxy) is 1. The first-order chi connectivity index (χ1) is 17.4. The van der Waals surface area contributed by atoms with Crippen molar-refractivity contribution in [3.8, 4) is 34.2 Å². The number of rotatable bonds is 7. The molecule has 0 spiro atoms. The predicted molar refractivity (Wildman–Crippen MR) is 137 cm³/mol. The molecule has 1 aliphatic rings. The van der Waals surface area contributed by atoms with Crippen LogP contribution >= 0.6 is 11.6 Å². The summed E-state index contributed by atoms with van der Waals surface area (Å²) in [5.74, 6) is -0.936. The van der Waals surface area contributed by atoms with Gasteiger partial charge in [-0.15, -0.1) is 0 Å². The van der Waals surface area contributed by atoms with Crippen LogP contribution in [0.1, 0.15) is 25.3 Å². The molecule has 1 aromatic heterocycles. The van der Waals surface area contributed by atoms with Crippen molar-refractivity contribution in [2.75, 3.05) is 11.9 Å². The van der Waals surface area contributed by atoms with Gasteiger partial charge in [0, 0.05) is 16.5 Å². The van der Waals surface area contributed by atoms with Crippen LogP contribution in [0.3, 0.4) is 0 Å². The number of para-hydroxylation sites is 1. The molecule has 180 valence electrons. The number of nitrogens with zero attached hydrogens (tertiary/aromatic N) is 2. The van der Waals surface area contributed by atoms with Crippen LogP contribution in [0, 0.1) is 17.1 Å². The van der Waals surface area contributed by atoms with Gasteiger partial charge in [-0.25, -0.2) is 14.2 Å². The van der Waals surface area contributed by atoms with Crippen molar-refractivity contribution in [1.29, 1.82) is 5.26 Å². The molecule has 1 saturated carbocycles. The molecule has 0 saturated heterocycles. The number of fused-ring (bicyclic) bond motifs is 1. The highest BCUT2D eigenvalue weighted by atomic mass is 35.5. The number of nitrogens with one attached hydrogen (secondary N) is 1. The normalized spacial score (nSPS) is 13.7. The highest BCUT2D eigenvalue weighted by Gasteiger charge is 2.51. The summed E-state index contributed by atoms with van der Waals surface area (Å²) in [4.78, 5) is 16.5. The molecule has 3 aromatic carbocycles. The third-order valence-electron chi connectivity index (χ3n) is 6.32. The average Bonchev–Trinajstić information content (AvgIpc) is 3.67. The van der Waals surface area contributed by atoms with E-state index >= 15 is 0 Å². The van der Waals surface area contributed by atoms with E-state index < -0.39 is 17.3 Å². The average molecular weight is 502 g/mol. The van der Waals surface area contributed by atoms with Crippen LogP contribution in [0.15, 0.2) is 60.7 Å². The number of carboxylic acids is 1. The Bertz CT molecular complexity index is 1540. The summed E-state index contributed by atoms with van der Waals surface area (Å²) >= 11 is 6.03. The topological polar surface area (TPSA) is 95.2 Å². The minimum Gasteiger partial charge on any atom is -0.493 e. The summed E-state index contributed by atoms with van der Waals surface area (Å²) in [7, 11) is 0. The Morgan fingerprint density at radius 3 is 2.53 bits per heavy atom. The first-order valence-electron chi connectivity index (χ1n) is 11.4. The molecular formula is C28H21ClFN3O3. The lowest BCUT2D eigenvalue weighted by Crippen LogP contribution is -2.32. The fourth-order valence-electron chi connectivity index (χ4n) is 4.26. The Hall–Kier alpha value is -4.15. The molecule has 36 heavy (non-hydrogen) atoms. The van der Waals surface area contributed by atoms with Crippen molar-refractivity contribution in [3.63, 3.8) is 0 Å². The summed E-state index contributed by atoms with van der Waals surface area (Å²) < 4.78 is 20.1. The molecule has 6 nitrogen and oxygen atoms in total. The monoisotopic (exact) mass is 501 g/mol. The van der Waals surface area contributed by atoms with Crippen LogP contribution in [0.5, 0.6) is 5.75 Å². The van der Waals surface area contributed by atoms with Gasteiger partial charge in [0.2, 0.25) is 0 Å². The number of aliphatic carboxylic acids is 1. The standard InChI is InChI=1S/C28H21ClFN3O3/c1-2-36-24-6-4-3-5-18(24)16-7-9-17(10-8-16)25-20(15-31)26(33-28(11-12-28)27(34)35)19-13-22(30)21(29)14-23(19)32-25/h3-10,13-14H,2,11-12H2,1H3,(H,32,33)(H,34,35). The van der Waals surface area contributed by atoms with Crippen molar-refractivity contribution < 1.29 is 19.0 Å². The maximum atomic E-state index is 14.4. The van der Waals surface area contributed by atoms with E-state index in [1.54, 1.807) is 0 Å². The minimum absolute atomic E-state index is 0.112. The predicted octanol–water partition coefficient (Wildman–Crippen LogP) is 6.66. The molecule has 2 N–H and O–H groups in total. The zero-order chi connectivity index (χ0) is 25.4. The SMILES string of the molecule is CCOc1ccccc1-c1ccc(-c2nc3cc(Cl)c(F)cc3c(NC3(C(=O)O)CC3)c2C#N)cc1. The van der Waals surface area contributed by atoms with Gasteiger partial charge in [0.15, 0.2) is 0 Å². The number of aromatic nitrogens is 1. The third-order valence-corrected chi connectivity index (χ3v) is 6.61. The van der Waals surface area contributed by atoms with Crippen molar-refractivity contribution in [2.24, 2.45) is 0 Å². The molecule has 1 fully saturated rings. The Morgan fingerprint density at radius 2 is 1.89 bits per heavy atom. The van der Waals surface area contributed by atoms with Crippen molar-refractivity contribution in [3.05, 3.63) is 77.1 Å². The van der Waals surface area contributed by atoms with Gasteiger partial charge in [0.1, 0.15) is 28.7 Å². The van der Waals surface area contributed by atoms with Crippen LogP contribution in [0.2, 0.25) is 5.02 Å². The molecule has 1 heterocycles. The Labute approximate surface area is 211 Å². The highest BCUT2D eigenvalue weighted by Crippen LogP contribution is 2.44. The Morgan fingerprint density at radius 1 is 1.19 bits per heavy atom. The number of hydrogen-bond acceptors (Lipinski definition) is 5. The lowest BCUT2D eigenvalue weighted by atomic mass is 9.98. The van der Waals surface area contributed by atoms with Gasteiger partial charge < -0.3 is 15.2 Å². The summed E-state index contributed by atoms with van der Waals surface area (Å²) in [5, 5.41) is 23.0. The van der Waals surface area contributed by atoms with E-state index in [2.05, 4.69) is 16.4 Å². The van der Waals surface area contributed by atoms with Gasteiger partial charge in [-0.3, -0.25) is 0 Å². The van der Waals surface area contributed by atoms with Crippen LogP contribution in [0.4, 0.5) is 10.1 Å². The summed E-state index contributed by atoms with van der Waals surface area (Å²) in [6.45, 7) is 2.47. The molecule has 0 atom stereocenters. The van der Waals surface area contributed by atoms with Crippen LogP contribution in [0.25, 0.3) is 33.3 Å². The number of nitriles is 1. The van der Waals surface area contributed by atoms with Gasteiger partial charge in [0.25, 0.3) is 0 Å². The van der Waals surface area contributed by atoms with E-state index in [9.17, 15) is 19.6 Å². The van der Waals surface area contributed by atoms with Crippen molar-refractivity contribution in [2.45, 2.75) is 25.3 Å². The van der Waals surface area contributed by atoms with Crippen LogP contribution < -0.4 is 10.1 Å². The zero-order valence-corrected chi connectivity index (χ0v) is 20.1. The molecule has 0 unspecified atom stereocenters. The number of pyridine rings is 1. The van der Waals surface area contributed by atoms with Gasteiger partial charge >= 0.3 is 5.97 Å². The van der Waals surface area contributed by atoms with Crippen molar-refractivity contribution in [1.82, 2.24) is 4.98 Å². The van der Waals surface area contributed by atoms with Gasteiger partial charge in [-0.2, -0.15) is 5.26 Å². The van der Waals surface area contributed by atoms with E-state index in [0.717, 1.165) is 16.9 Å². The minimum atomic E-state index is -1.19. The van der Waals surface area contributed by atoms with Gasteiger partial charge in [-0.05, 0) is 43.5 Å². The van der Waals surface area contributed by atoms with Crippen LogP contribution in [-0.4, -0.2) is 28.2 Å². The van der Waals surface area contributed by atoms with E-state index in [-0.39, 0.29) is 16.3 Å². The Kier molecular flexibility index (Phi) is 5.99. The number of benzene rings is 3. The molecule has 1 aliphatic carbocycles. The molecule has 0 radical (unpaired) electrons. The van der Waals surface area contributed by atoms with E-state index in [1.165, 1.54) is 12.1 Å². The van der Waals surface area contributed by atoms with E-state index in [4.69, 9.17) is 16.3 Å². The lowest BCUT2D eigenvalue weighted by molar-refractivity contribution is -0.138. The molecule has 8 heteroatoms. The summed E-state index contributed by atoms with van der Waals surface area (Å²) in [5.41, 5.74) is 2.38. The largest absolute Gasteiger partial charge is 0.493 e. The second-order valence-corrected chi connectivity index (χ2v) is 9.03. The molecule has 4 aromatic rings. The Balaban J connectivity index is 1.66. The summed E-state index contributed by atoms with van der Waals surface area (Å²) in [6, 6.07) is 19.9. The molecular weight excluding hydrogens is 481 g/mol. The summed E-state index contributed by atoms with van der Waals surface area (Å²) in [6.07, 6.45) is 0.798. The first-order valence-corrected chi connectivity index (χ1v) is 11.8. The van der Waals surface area contributed by atoms with E-state index in [1.807, 2.05) is 55.5 Å². The van der Waals surface area contributed by atoms with Gasteiger partial charge in [0.05, 0.1) is 28.5 Å². The maximum Gasteiger partial charge on any atom is 0.329 e. The molecule has 0 bridgehead atoms. The number of hydrogen-bond donors (Lipinski definition) is 2. The highest BCUT2D eigenvalue weighted by molar-refractivity contribution is 6.31. The second-order valence-electron chi connectivity index (χ2n) is 8.62. The number of carboxylic acid groups (broad SMARTS) is 1. The first kappa shape index (κ1) is 23.6. The molecule has 0 aliphatic heterocycles. The maximum absolute atomic E-state index is 14.4. The smallest absolute Gasteiger partial charge is 0.329 e. The quantitative estimate of drug-likeness (QED) is 0.294. The second kappa shape index (κ2) is 9.14. The molecule has 5 rings (SSSR count). The third kappa shape index (κ3) is 4.10.